The number of amides is 11. The highest BCUT2D eigenvalue weighted by Gasteiger charge is 2.43. The van der Waals surface area contributed by atoms with Crippen molar-refractivity contribution in [2.75, 3.05) is 65.0 Å². The molecule has 4 aromatic rings. The summed E-state index contributed by atoms with van der Waals surface area (Å²) in [6, 6.07) is 5.65. The molecule has 2 fully saturated rings. The van der Waals surface area contributed by atoms with Crippen LogP contribution >= 0.6 is 11.8 Å². The predicted octanol–water partition coefficient (Wildman–Crippen LogP) is -1.42. The molecular formula is C66H98N18O14S. The molecule has 32 nitrogen and oxygen atoms in total. The van der Waals surface area contributed by atoms with Gasteiger partial charge in [0.2, 0.25) is 53.2 Å². The Morgan fingerprint density at radius 1 is 0.626 bits per heavy atom. The number of imidazole rings is 1. The first-order valence-corrected chi connectivity index (χ1v) is 35.2. The fourth-order valence-electron chi connectivity index (χ4n) is 11.5. The molecule has 0 radical (unpaired) electrons. The van der Waals surface area contributed by atoms with E-state index >= 15 is 0 Å². The maximum absolute atomic E-state index is 14.7. The molecule has 5 heterocycles. The van der Waals surface area contributed by atoms with E-state index in [1.54, 1.807) is 53.3 Å². The fourth-order valence-corrected chi connectivity index (χ4v) is 13.0. The first kappa shape index (κ1) is 77.6. The van der Waals surface area contributed by atoms with Crippen molar-refractivity contribution in [1.82, 2.24) is 78.1 Å². The summed E-state index contributed by atoms with van der Waals surface area (Å²) in [5.41, 5.74) is 19.9. The average molecular weight is 1400 g/mol. The van der Waals surface area contributed by atoms with Crippen LogP contribution in [-0.4, -0.2) is 214 Å². The minimum absolute atomic E-state index is 0.00935. The van der Waals surface area contributed by atoms with Crippen LogP contribution in [0.1, 0.15) is 112 Å². The summed E-state index contributed by atoms with van der Waals surface area (Å²) in [7, 11) is 0. The van der Waals surface area contributed by atoms with E-state index in [0.717, 1.165) is 25.0 Å². The third-order valence-electron chi connectivity index (χ3n) is 16.9. The minimum Gasteiger partial charge on any atom is -0.508 e. The SMILES string of the molecule is NCCCC[C@@H]1NC(=O)[C@H](Cc2ccc(O)cc2)NC(=O)[C@H](Cc2ccccc2)NC(=O)[C@@H](N)Cc2cn(nn2)CCCC[C@@H](C(=O)NCCCOCCOCCOCCCNC(=O)CCCC[C@H]2SC[C@H]3NC(=O)N[C@H]32)NC(=O)[C@H](Cc2cnc[nH]2)NC(=O)[C@H](CCC(N)=O)NC1=O. The van der Waals surface area contributed by atoms with Crippen molar-refractivity contribution < 1.29 is 67.3 Å². The molecule has 3 aliphatic heterocycles. The number of phenols is 1. The predicted molar refractivity (Wildman–Crippen MR) is 364 cm³/mol. The largest absolute Gasteiger partial charge is 0.508 e. The van der Waals surface area contributed by atoms with Gasteiger partial charge in [0.1, 0.15) is 42.0 Å². The van der Waals surface area contributed by atoms with Gasteiger partial charge in [-0.25, -0.2) is 9.78 Å². The van der Waals surface area contributed by atoms with E-state index in [2.05, 4.69) is 73.4 Å². The Morgan fingerprint density at radius 2 is 1.22 bits per heavy atom. The number of unbranched alkanes of at least 4 members (excludes halogenated alkanes) is 2. The molecule has 0 saturated carbocycles. The van der Waals surface area contributed by atoms with E-state index in [1.165, 1.54) is 24.7 Å². The number of urea groups is 1. The highest BCUT2D eigenvalue weighted by atomic mass is 32.2. The zero-order chi connectivity index (χ0) is 70.7. The molecule has 2 aromatic heterocycles. The molecule has 18 N–H and O–H groups in total. The lowest BCUT2D eigenvalue weighted by molar-refractivity contribution is -0.135. The maximum Gasteiger partial charge on any atom is 0.315 e. The van der Waals surface area contributed by atoms with Gasteiger partial charge in [-0.05, 0) is 100 Å². The number of aromatic amines is 1. The van der Waals surface area contributed by atoms with Gasteiger partial charge in [-0.3, -0.25) is 47.8 Å². The summed E-state index contributed by atoms with van der Waals surface area (Å²) >= 11 is 1.87. The average Bonchev–Trinajstić information content (AvgIpc) is 1.71. The lowest BCUT2D eigenvalue weighted by Gasteiger charge is -2.28. The highest BCUT2D eigenvalue weighted by molar-refractivity contribution is 8.00. The summed E-state index contributed by atoms with van der Waals surface area (Å²) in [6.45, 7) is 3.24. The van der Waals surface area contributed by atoms with Gasteiger partial charge in [0.05, 0.1) is 56.6 Å². The molecule has 10 atom stereocenters. The van der Waals surface area contributed by atoms with E-state index in [-0.39, 0.29) is 101 Å². The van der Waals surface area contributed by atoms with Gasteiger partial charge in [0.15, 0.2) is 0 Å². The number of ether oxygens (including phenoxy) is 3. The number of carbonyl (C=O) groups excluding carboxylic acids is 10. The highest BCUT2D eigenvalue weighted by Crippen LogP contribution is 2.33. The maximum atomic E-state index is 14.7. The van der Waals surface area contributed by atoms with Crippen LogP contribution < -0.4 is 70.4 Å². The van der Waals surface area contributed by atoms with Gasteiger partial charge in [-0.1, -0.05) is 54.1 Å². The Bertz CT molecular complexity index is 3200. The molecule has 2 aromatic carbocycles. The smallest absolute Gasteiger partial charge is 0.315 e. The van der Waals surface area contributed by atoms with E-state index in [9.17, 15) is 53.1 Å². The normalized spacial score (nSPS) is 23.0. The Balaban J connectivity index is 0.969. The summed E-state index contributed by atoms with van der Waals surface area (Å²) < 4.78 is 18.6. The first-order chi connectivity index (χ1) is 47.9. The molecule has 542 valence electrons. The number of rotatable bonds is 33. The number of carbonyl (C=O) groups is 10. The van der Waals surface area contributed by atoms with Crippen molar-refractivity contribution in [3.05, 3.63) is 95.8 Å². The van der Waals surface area contributed by atoms with Crippen molar-refractivity contribution in [1.29, 1.82) is 0 Å². The van der Waals surface area contributed by atoms with E-state index in [1.807, 2.05) is 11.8 Å². The van der Waals surface area contributed by atoms with Crippen LogP contribution in [-0.2, 0) is 89.6 Å². The topological polar surface area (TPSA) is 476 Å². The van der Waals surface area contributed by atoms with Crippen LogP contribution in [0.4, 0.5) is 4.79 Å². The number of fused-ring (bicyclic) bond motifs is 3. The number of phenolic OH excluding ortho intramolecular Hbond substituents is 1. The van der Waals surface area contributed by atoms with Crippen LogP contribution in [0.5, 0.6) is 5.75 Å². The van der Waals surface area contributed by atoms with Crippen LogP contribution in [0.3, 0.4) is 0 Å². The molecule has 7 rings (SSSR count). The molecule has 2 bridgehead atoms. The number of primary amides is 1. The number of H-pyrrole nitrogens is 1. The number of aryl methyl sites for hydroxylation is 1. The van der Waals surface area contributed by atoms with Crippen molar-refractivity contribution >= 4 is 71.0 Å². The molecule has 0 aliphatic carbocycles. The summed E-state index contributed by atoms with van der Waals surface area (Å²) in [4.78, 5) is 144. The third-order valence-corrected chi connectivity index (χ3v) is 18.4. The second kappa shape index (κ2) is 42.3. The van der Waals surface area contributed by atoms with Gasteiger partial charge in [0, 0.05) is 100 Å². The van der Waals surface area contributed by atoms with Gasteiger partial charge >= 0.3 is 6.03 Å². The Labute approximate surface area is 579 Å². The van der Waals surface area contributed by atoms with Gasteiger partial charge < -0.3 is 94.7 Å². The molecule has 11 amide bonds. The van der Waals surface area contributed by atoms with Crippen molar-refractivity contribution in [2.24, 2.45) is 17.2 Å². The number of thioether (sulfide) groups is 1. The number of aromatic hydroxyl groups is 1. The molecule has 33 heteroatoms. The number of nitrogens with zero attached hydrogens (tertiary/aromatic N) is 4. The fraction of sp³-hybridized carbons (Fsp3) is 0.591. The van der Waals surface area contributed by atoms with E-state index in [0.29, 0.717) is 112 Å². The van der Waals surface area contributed by atoms with Gasteiger partial charge in [0.25, 0.3) is 0 Å². The molecule has 2 saturated heterocycles. The number of hydrogen-bond donors (Lipinski definition) is 15. The number of hydrogen-bond acceptors (Lipinski definition) is 20. The first-order valence-electron chi connectivity index (χ1n) is 34.1. The molecular weight excluding hydrogens is 1300 g/mol. The molecule has 99 heavy (non-hydrogen) atoms. The van der Waals surface area contributed by atoms with Crippen LogP contribution in [0.2, 0.25) is 0 Å². The molecule has 0 spiro atoms. The summed E-state index contributed by atoms with van der Waals surface area (Å²) in [6.07, 6.45) is 9.13. The Kier molecular flexibility index (Phi) is 33.1. The van der Waals surface area contributed by atoms with Crippen LogP contribution in [0.25, 0.3) is 0 Å². The van der Waals surface area contributed by atoms with Crippen molar-refractivity contribution in [2.45, 2.75) is 182 Å². The molecule has 3 aliphatic rings. The van der Waals surface area contributed by atoms with Gasteiger partial charge in [-0.2, -0.15) is 11.8 Å². The van der Waals surface area contributed by atoms with Crippen LogP contribution in [0, 0.1) is 0 Å². The summed E-state index contributed by atoms with van der Waals surface area (Å²) in [5, 5.41) is 47.2. The quantitative estimate of drug-likeness (QED) is 0.0192. The van der Waals surface area contributed by atoms with E-state index < -0.39 is 96.0 Å². The number of nitrogens with two attached hydrogens (primary N) is 3. The third kappa shape index (κ3) is 27.8. The van der Waals surface area contributed by atoms with Gasteiger partial charge in [-0.15, -0.1) is 5.10 Å². The second-order valence-electron chi connectivity index (χ2n) is 24.8. The molecule has 0 unspecified atom stereocenters. The number of aromatic nitrogens is 5. The monoisotopic (exact) mass is 1400 g/mol. The standard InChI is InChI=1S/C66H98N18O14S/c67-24-8-6-14-49-61(90)76-50(22-23-56(69)86)62(91)79-53(37-44-38-70-41-73-44)65(94)74-48(60(89)72-26-11-29-97-31-33-98-32-30-96-28-10-25-71-57(87)17-5-4-16-55-58-54(40-99-55)80-66(95)81-58)15-7-9-27-84-39-45(82-83-84)36-47(68)59(88)77-51(34-42-12-2-1-3-13-42)64(93)78-52(63(92)75-49)35-43-18-20-46(85)21-19-43/h1-3,12-13,18-21,38-39,41,47-55,58,85H,4-11,14-17,22-37,40,67-68H2,(H2,69,86)(H,70,73)(H,71,87)(H,72,89)(H,74,94)(H,75,92)(H,76,90)(H,77,88)(H,78,93)(H,79,91)(H2,80,81,95)/t47-,48-,49-,50-,51-,52-,53-,54+,55+,58+/m0/s1. The zero-order valence-corrected chi connectivity index (χ0v) is 56.7. The summed E-state index contributed by atoms with van der Waals surface area (Å²) in [5.74, 6) is -5.32. The Morgan fingerprint density at radius 3 is 1.88 bits per heavy atom. The van der Waals surface area contributed by atoms with Crippen molar-refractivity contribution in [3.63, 3.8) is 0 Å². The minimum atomic E-state index is -1.53. The number of benzene rings is 2. The van der Waals surface area contributed by atoms with Crippen molar-refractivity contribution in [3.8, 4) is 5.75 Å². The lowest BCUT2D eigenvalue weighted by atomic mass is 10.0. The Hall–Kier alpha value is -8.76. The van der Waals surface area contributed by atoms with Crippen LogP contribution in [0.15, 0.2) is 73.3 Å². The zero-order valence-electron chi connectivity index (χ0n) is 55.9. The number of nitrogens with one attached hydrogen (secondary N) is 11. The second-order valence-corrected chi connectivity index (χ2v) is 26.1. The lowest BCUT2D eigenvalue weighted by Crippen LogP contribution is -2.60. The van der Waals surface area contributed by atoms with E-state index in [4.69, 9.17) is 31.4 Å².